The van der Waals surface area contributed by atoms with E-state index in [1.165, 1.54) is 43.5 Å². The first-order chi connectivity index (χ1) is 13.5. The van der Waals surface area contributed by atoms with Crippen LogP contribution in [-0.4, -0.2) is 41.0 Å². The van der Waals surface area contributed by atoms with Gasteiger partial charge in [0.15, 0.2) is 0 Å². The molecular formula is C23H34N2O3. The van der Waals surface area contributed by atoms with Crippen LogP contribution in [0.3, 0.4) is 0 Å². The molecule has 1 aliphatic heterocycles. The molecule has 28 heavy (non-hydrogen) atoms. The summed E-state index contributed by atoms with van der Waals surface area (Å²) in [6.07, 6.45) is 11.5. The molecule has 5 heteroatoms. The maximum Gasteiger partial charge on any atom is 0.309 e. The van der Waals surface area contributed by atoms with Crippen molar-refractivity contribution in [1.29, 1.82) is 0 Å². The van der Waals surface area contributed by atoms with Crippen LogP contribution in [0.5, 0.6) is 0 Å². The van der Waals surface area contributed by atoms with Crippen LogP contribution in [0.1, 0.15) is 74.9 Å². The largest absolute Gasteiger partial charge is 0.466 e. The van der Waals surface area contributed by atoms with Gasteiger partial charge in [-0.2, -0.15) is 0 Å². The third kappa shape index (κ3) is 4.68. The Bertz CT molecular complexity index is 720. The molecule has 154 valence electrons. The number of nitrogens with zero attached hydrogens (tertiary/aromatic N) is 2. The summed E-state index contributed by atoms with van der Waals surface area (Å²) >= 11 is 0. The number of hydrogen-bond donors (Lipinski definition) is 0. The predicted molar refractivity (Wildman–Crippen MR) is 111 cm³/mol. The number of carbonyl (C=O) groups excluding carboxylic acids is 2. The van der Waals surface area contributed by atoms with Gasteiger partial charge in [-0.3, -0.25) is 9.59 Å². The molecule has 2 fully saturated rings. The molecule has 1 saturated carbocycles. The first-order valence-electron chi connectivity index (χ1n) is 10.8. The topological polar surface area (TPSA) is 51.5 Å². The van der Waals surface area contributed by atoms with Crippen LogP contribution >= 0.6 is 0 Å². The van der Waals surface area contributed by atoms with Gasteiger partial charge in [-0.05, 0) is 64.2 Å². The van der Waals surface area contributed by atoms with E-state index in [-0.39, 0.29) is 17.8 Å². The number of aromatic nitrogens is 1. The summed E-state index contributed by atoms with van der Waals surface area (Å²) in [5.41, 5.74) is 3.68. The molecular weight excluding hydrogens is 352 g/mol. The fourth-order valence-corrected chi connectivity index (χ4v) is 4.73. The molecule has 0 N–H and O–H groups in total. The molecule has 2 aliphatic rings. The van der Waals surface area contributed by atoms with Crippen molar-refractivity contribution in [1.82, 2.24) is 9.47 Å². The van der Waals surface area contributed by atoms with Crippen LogP contribution in [0.25, 0.3) is 6.08 Å². The minimum absolute atomic E-state index is 0.0322. The normalized spacial score (nSPS) is 19.3. The van der Waals surface area contributed by atoms with Crippen molar-refractivity contribution in [3.05, 3.63) is 29.1 Å². The van der Waals surface area contributed by atoms with Gasteiger partial charge < -0.3 is 14.2 Å². The van der Waals surface area contributed by atoms with Crippen LogP contribution < -0.4 is 0 Å². The lowest BCUT2D eigenvalue weighted by molar-refractivity contribution is -0.150. The standard InChI is InChI=1S/C23H34N2O3/c1-4-28-23(27)19-12-14-24(15-13-19)22(26)11-10-20-16-17(2)25(18(20)3)21-8-6-5-7-9-21/h10-11,16,19,21H,4-9,12-15H2,1-3H3/b11-10+. The van der Waals surface area contributed by atoms with E-state index in [9.17, 15) is 9.59 Å². The first-order valence-corrected chi connectivity index (χ1v) is 10.8. The SMILES string of the molecule is CCOC(=O)C1CCN(C(=O)/C=C/c2cc(C)n(C3CCCCC3)c2C)CC1. The van der Waals surface area contributed by atoms with Crippen molar-refractivity contribution in [3.8, 4) is 0 Å². The van der Waals surface area contributed by atoms with Crippen LogP contribution in [0.15, 0.2) is 12.1 Å². The minimum Gasteiger partial charge on any atom is -0.466 e. The quantitative estimate of drug-likeness (QED) is 0.556. The summed E-state index contributed by atoms with van der Waals surface area (Å²) in [5, 5.41) is 0. The Labute approximate surface area is 168 Å². The van der Waals surface area contributed by atoms with E-state index in [0.717, 1.165) is 5.56 Å². The second-order valence-electron chi connectivity index (χ2n) is 8.17. The molecule has 0 aromatic carbocycles. The molecule has 0 unspecified atom stereocenters. The van der Waals surface area contributed by atoms with Gasteiger partial charge >= 0.3 is 5.97 Å². The lowest BCUT2D eigenvalue weighted by atomic mass is 9.95. The Morgan fingerprint density at radius 2 is 1.79 bits per heavy atom. The fraction of sp³-hybridized carbons (Fsp3) is 0.652. The van der Waals surface area contributed by atoms with E-state index >= 15 is 0 Å². The van der Waals surface area contributed by atoms with E-state index in [1.807, 2.05) is 17.9 Å². The third-order valence-corrected chi connectivity index (χ3v) is 6.30. The summed E-state index contributed by atoms with van der Waals surface area (Å²) < 4.78 is 7.57. The molecule has 1 aromatic heterocycles. The average Bonchev–Trinajstić information content (AvgIpc) is 3.00. The van der Waals surface area contributed by atoms with Crippen molar-refractivity contribution in [2.75, 3.05) is 19.7 Å². The fourth-order valence-electron chi connectivity index (χ4n) is 4.73. The Morgan fingerprint density at radius 1 is 1.11 bits per heavy atom. The van der Waals surface area contributed by atoms with E-state index < -0.39 is 0 Å². The van der Waals surface area contributed by atoms with Gasteiger partial charge in [0.05, 0.1) is 12.5 Å². The average molecular weight is 387 g/mol. The number of likely N-dealkylation sites (tertiary alicyclic amines) is 1. The van der Waals surface area contributed by atoms with Gasteiger partial charge in [0.2, 0.25) is 5.91 Å². The van der Waals surface area contributed by atoms with Gasteiger partial charge in [0.25, 0.3) is 0 Å². The number of carbonyl (C=O) groups is 2. The summed E-state index contributed by atoms with van der Waals surface area (Å²) in [4.78, 5) is 26.3. The molecule has 0 radical (unpaired) electrons. The molecule has 3 rings (SSSR count). The lowest BCUT2D eigenvalue weighted by Gasteiger charge is -2.30. The summed E-state index contributed by atoms with van der Waals surface area (Å²) in [7, 11) is 0. The zero-order valence-corrected chi connectivity index (χ0v) is 17.6. The summed E-state index contributed by atoms with van der Waals surface area (Å²) in [6, 6.07) is 2.80. The maximum atomic E-state index is 12.6. The predicted octanol–water partition coefficient (Wildman–Crippen LogP) is 4.43. The number of piperidine rings is 1. The van der Waals surface area contributed by atoms with Crippen LogP contribution in [0.2, 0.25) is 0 Å². The van der Waals surface area contributed by atoms with Gasteiger partial charge in [0, 0.05) is 36.6 Å². The highest BCUT2D eigenvalue weighted by Crippen LogP contribution is 2.32. The number of ether oxygens (including phenoxy) is 1. The Balaban J connectivity index is 1.60. The number of amides is 1. The van der Waals surface area contributed by atoms with Crippen molar-refractivity contribution in [2.45, 2.75) is 71.8 Å². The van der Waals surface area contributed by atoms with E-state index in [0.29, 0.717) is 38.6 Å². The molecule has 2 heterocycles. The smallest absolute Gasteiger partial charge is 0.309 e. The Hall–Kier alpha value is -2.04. The number of aryl methyl sites for hydroxylation is 1. The van der Waals surface area contributed by atoms with Gasteiger partial charge in [-0.25, -0.2) is 0 Å². The molecule has 0 spiro atoms. The van der Waals surface area contributed by atoms with Crippen molar-refractivity contribution in [3.63, 3.8) is 0 Å². The maximum absolute atomic E-state index is 12.6. The third-order valence-electron chi connectivity index (χ3n) is 6.30. The molecule has 0 bridgehead atoms. The zero-order valence-electron chi connectivity index (χ0n) is 17.6. The monoisotopic (exact) mass is 386 g/mol. The number of rotatable bonds is 5. The van der Waals surface area contributed by atoms with E-state index in [1.54, 1.807) is 6.08 Å². The summed E-state index contributed by atoms with van der Waals surface area (Å²) in [5.74, 6) is -0.160. The molecule has 1 saturated heterocycles. The van der Waals surface area contributed by atoms with Crippen molar-refractivity contribution in [2.24, 2.45) is 5.92 Å². The molecule has 1 amide bonds. The van der Waals surface area contributed by atoms with Crippen LogP contribution in [0.4, 0.5) is 0 Å². The number of esters is 1. The van der Waals surface area contributed by atoms with Gasteiger partial charge in [0.1, 0.15) is 0 Å². The van der Waals surface area contributed by atoms with E-state index in [4.69, 9.17) is 4.74 Å². The summed E-state index contributed by atoms with van der Waals surface area (Å²) in [6.45, 7) is 7.81. The molecule has 0 atom stereocenters. The highest BCUT2D eigenvalue weighted by molar-refractivity contribution is 5.92. The molecule has 5 nitrogen and oxygen atoms in total. The Kier molecular flexibility index (Phi) is 6.97. The zero-order chi connectivity index (χ0) is 20.1. The Morgan fingerprint density at radius 3 is 2.43 bits per heavy atom. The second kappa shape index (κ2) is 9.44. The van der Waals surface area contributed by atoms with Crippen molar-refractivity contribution >= 4 is 18.0 Å². The van der Waals surface area contributed by atoms with Gasteiger partial charge in [-0.1, -0.05) is 19.3 Å². The second-order valence-corrected chi connectivity index (χ2v) is 8.17. The van der Waals surface area contributed by atoms with Gasteiger partial charge in [-0.15, -0.1) is 0 Å². The number of hydrogen-bond acceptors (Lipinski definition) is 3. The van der Waals surface area contributed by atoms with Crippen molar-refractivity contribution < 1.29 is 14.3 Å². The minimum atomic E-state index is -0.125. The lowest BCUT2D eigenvalue weighted by Crippen LogP contribution is -2.39. The van der Waals surface area contributed by atoms with Crippen LogP contribution in [-0.2, 0) is 14.3 Å². The van der Waals surface area contributed by atoms with Crippen LogP contribution in [0, 0.1) is 19.8 Å². The molecule has 1 aromatic rings. The first kappa shape index (κ1) is 20.7. The van der Waals surface area contributed by atoms with E-state index in [2.05, 4.69) is 24.5 Å². The highest BCUT2D eigenvalue weighted by atomic mass is 16.5. The highest BCUT2D eigenvalue weighted by Gasteiger charge is 2.27. The molecule has 1 aliphatic carbocycles.